The van der Waals surface area contributed by atoms with E-state index in [9.17, 15) is 14.4 Å². The van der Waals surface area contributed by atoms with E-state index >= 15 is 0 Å². The summed E-state index contributed by atoms with van der Waals surface area (Å²) in [6.45, 7) is 9.11. The fraction of sp³-hybridized carbons (Fsp3) is 0.722. The lowest BCUT2D eigenvalue weighted by Gasteiger charge is -2.17. The van der Waals surface area contributed by atoms with E-state index in [-0.39, 0.29) is 25.0 Å². The highest BCUT2D eigenvalue weighted by atomic mass is 16.6. The third-order valence-electron chi connectivity index (χ3n) is 3.16. The maximum Gasteiger partial charge on any atom is 0.333 e. The summed E-state index contributed by atoms with van der Waals surface area (Å²) in [5.74, 6) is -1.48. The molecule has 6 heteroatoms. The minimum atomic E-state index is -0.838. The number of esters is 3. The van der Waals surface area contributed by atoms with Crippen LogP contribution in [-0.2, 0) is 28.6 Å². The van der Waals surface area contributed by atoms with Gasteiger partial charge in [-0.3, -0.25) is 9.59 Å². The topological polar surface area (TPSA) is 78.9 Å². The Bertz CT molecular complexity index is 416. The van der Waals surface area contributed by atoms with Crippen molar-refractivity contribution in [2.45, 2.75) is 71.8 Å². The summed E-state index contributed by atoms with van der Waals surface area (Å²) in [4.78, 5) is 34.9. The SMILES string of the molecule is C=C(C)C(=O)OCC(CC(=O)OCCCCCC)OC(=O)CCC. The molecule has 24 heavy (non-hydrogen) atoms. The molecule has 6 nitrogen and oxygen atoms in total. The van der Waals surface area contributed by atoms with Crippen LogP contribution < -0.4 is 0 Å². The molecule has 0 aromatic carbocycles. The van der Waals surface area contributed by atoms with Crippen molar-refractivity contribution in [3.63, 3.8) is 0 Å². The summed E-state index contributed by atoms with van der Waals surface area (Å²) in [7, 11) is 0. The number of unbranched alkanes of at least 4 members (excludes halogenated alkanes) is 3. The first-order chi connectivity index (χ1) is 11.4. The lowest BCUT2D eigenvalue weighted by Crippen LogP contribution is -2.28. The zero-order valence-corrected chi connectivity index (χ0v) is 15.1. The minimum absolute atomic E-state index is 0.132. The monoisotopic (exact) mass is 342 g/mol. The van der Waals surface area contributed by atoms with Crippen LogP contribution in [0.4, 0.5) is 0 Å². The largest absolute Gasteiger partial charge is 0.466 e. The molecule has 0 N–H and O–H groups in total. The van der Waals surface area contributed by atoms with Gasteiger partial charge in [0.25, 0.3) is 0 Å². The fourth-order valence-corrected chi connectivity index (χ4v) is 1.84. The van der Waals surface area contributed by atoms with Crippen LogP contribution in [0.5, 0.6) is 0 Å². The van der Waals surface area contributed by atoms with Gasteiger partial charge in [-0.25, -0.2) is 4.79 Å². The van der Waals surface area contributed by atoms with E-state index in [1.807, 2.05) is 6.92 Å². The zero-order chi connectivity index (χ0) is 18.4. The van der Waals surface area contributed by atoms with Crippen molar-refractivity contribution < 1.29 is 28.6 Å². The van der Waals surface area contributed by atoms with Crippen molar-refractivity contribution >= 4 is 17.9 Å². The van der Waals surface area contributed by atoms with Gasteiger partial charge in [0.2, 0.25) is 0 Å². The molecule has 0 bridgehead atoms. The molecular weight excluding hydrogens is 312 g/mol. The van der Waals surface area contributed by atoms with E-state index in [1.54, 1.807) is 0 Å². The van der Waals surface area contributed by atoms with Crippen molar-refractivity contribution in [3.8, 4) is 0 Å². The van der Waals surface area contributed by atoms with Gasteiger partial charge in [0, 0.05) is 12.0 Å². The van der Waals surface area contributed by atoms with E-state index in [1.165, 1.54) is 6.92 Å². The molecular formula is C18H30O6. The molecule has 0 rings (SSSR count). The highest BCUT2D eigenvalue weighted by Crippen LogP contribution is 2.07. The third-order valence-corrected chi connectivity index (χ3v) is 3.16. The fourth-order valence-electron chi connectivity index (χ4n) is 1.84. The van der Waals surface area contributed by atoms with Crippen LogP contribution in [-0.4, -0.2) is 37.2 Å². The number of hydrogen-bond donors (Lipinski definition) is 0. The first kappa shape index (κ1) is 22.1. The Morgan fingerprint density at radius 1 is 0.958 bits per heavy atom. The predicted molar refractivity (Wildman–Crippen MR) is 90.3 cm³/mol. The number of carbonyl (C=O) groups excluding carboxylic acids is 3. The van der Waals surface area contributed by atoms with E-state index in [0.717, 1.165) is 25.7 Å². The van der Waals surface area contributed by atoms with Crippen LogP contribution in [0.2, 0.25) is 0 Å². The molecule has 0 saturated carbocycles. The molecule has 1 atom stereocenters. The molecule has 0 aliphatic carbocycles. The van der Waals surface area contributed by atoms with Crippen molar-refractivity contribution in [1.29, 1.82) is 0 Å². The van der Waals surface area contributed by atoms with Gasteiger partial charge >= 0.3 is 17.9 Å². The number of rotatable bonds is 13. The van der Waals surface area contributed by atoms with E-state index in [4.69, 9.17) is 14.2 Å². The Morgan fingerprint density at radius 2 is 1.67 bits per heavy atom. The Kier molecular flexibility index (Phi) is 12.5. The van der Waals surface area contributed by atoms with Gasteiger partial charge < -0.3 is 14.2 Å². The molecule has 1 unspecified atom stereocenters. The quantitative estimate of drug-likeness (QED) is 0.221. The molecule has 0 fully saturated rings. The number of carbonyl (C=O) groups is 3. The molecule has 0 spiro atoms. The molecule has 0 amide bonds. The van der Waals surface area contributed by atoms with Crippen LogP contribution in [0.1, 0.15) is 65.7 Å². The standard InChI is InChI=1S/C18H30O6/c1-5-7-8-9-11-22-17(20)12-15(24-16(19)10-6-2)13-23-18(21)14(3)4/h15H,3,5-13H2,1-2,4H3. The van der Waals surface area contributed by atoms with Gasteiger partial charge in [-0.15, -0.1) is 0 Å². The Balaban J connectivity index is 4.35. The van der Waals surface area contributed by atoms with E-state index < -0.39 is 24.0 Å². The maximum absolute atomic E-state index is 11.8. The number of hydrogen-bond acceptors (Lipinski definition) is 6. The smallest absolute Gasteiger partial charge is 0.333 e. The second kappa shape index (κ2) is 13.6. The van der Waals surface area contributed by atoms with Gasteiger partial charge in [-0.05, 0) is 19.8 Å². The zero-order valence-electron chi connectivity index (χ0n) is 15.1. The second-order valence-electron chi connectivity index (χ2n) is 5.73. The maximum atomic E-state index is 11.8. The predicted octanol–water partition coefficient (Wildman–Crippen LogP) is 3.33. The lowest BCUT2D eigenvalue weighted by molar-refractivity contribution is -0.162. The van der Waals surface area contributed by atoms with Crippen molar-refractivity contribution in [2.24, 2.45) is 0 Å². The van der Waals surface area contributed by atoms with E-state index in [0.29, 0.717) is 13.0 Å². The molecule has 0 aliphatic heterocycles. The normalized spacial score (nSPS) is 11.5. The van der Waals surface area contributed by atoms with Crippen LogP contribution in [0, 0.1) is 0 Å². The first-order valence-electron chi connectivity index (χ1n) is 8.58. The summed E-state index contributed by atoms with van der Waals surface area (Å²) in [6, 6.07) is 0. The molecule has 0 heterocycles. The van der Waals surface area contributed by atoms with Crippen LogP contribution >= 0.6 is 0 Å². The summed E-state index contributed by atoms with van der Waals surface area (Å²) < 4.78 is 15.3. The Morgan fingerprint density at radius 3 is 2.25 bits per heavy atom. The van der Waals surface area contributed by atoms with Gasteiger partial charge in [0.15, 0.2) is 0 Å². The van der Waals surface area contributed by atoms with Gasteiger partial charge in [0.1, 0.15) is 12.7 Å². The van der Waals surface area contributed by atoms with E-state index in [2.05, 4.69) is 13.5 Å². The van der Waals surface area contributed by atoms with Gasteiger partial charge in [-0.2, -0.15) is 0 Å². The van der Waals surface area contributed by atoms with Crippen molar-refractivity contribution in [3.05, 3.63) is 12.2 Å². The highest BCUT2D eigenvalue weighted by molar-refractivity contribution is 5.87. The molecule has 0 aromatic rings. The summed E-state index contributed by atoms with van der Waals surface area (Å²) in [5.41, 5.74) is 0.243. The van der Waals surface area contributed by atoms with Gasteiger partial charge in [-0.1, -0.05) is 39.7 Å². The average molecular weight is 342 g/mol. The highest BCUT2D eigenvalue weighted by Gasteiger charge is 2.21. The Hall–Kier alpha value is -1.85. The third kappa shape index (κ3) is 11.7. The summed E-state index contributed by atoms with van der Waals surface area (Å²) in [6.07, 6.45) is 3.95. The second-order valence-corrected chi connectivity index (χ2v) is 5.73. The molecule has 0 aromatic heterocycles. The minimum Gasteiger partial charge on any atom is -0.466 e. The molecule has 0 radical (unpaired) electrons. The Labute approximate surface area is 144 Å². The molecule has 0 saturated heterocycles. The van der Waals surface area contributed by atoms with Crippen LogP contribution in [0.3, 0.4) is 0 Å². The summed E-state index contributed by atoms with van der Waals surface area (Å²) >= 11 is 0. The van der Waals surface area contributed by atoms with Crippen LogP contribution in [0.25, 0.3) is 0 Å². The molecule has 0 aliphatic rings. The van der Waals surface area contributed by atoms with Crippen molar-refractivity contribution in [1.82, 2.24) is 0 Å². The number of ether oxygens (including phenoxy) is 3. The van der Waals surface area contributed by atoms with Crippen LogP contribution in [0.15, 0.2) is 12.2 Å². The average Bonchev–Trinajstić information content (AvgIpc) is 2.52. The first-order valence-corrected chi connectivity index (χ1v) is 8.58. The molecule has 138 valence electrons. The lowest BCUT2D eigenvalue weighted by atomic mass is 10.2. The summed E-state index contributed by atoms with van der Waals surface area (Å²) in [5, 5.41) is 0. The van der Waals surface area contributed by atoms with Gasteiger partial charge in [0.05, 0.1) is 13.0 Å². The van der Waals surface area contributed by atoms with Crippen molar-refractivity contribution in [2.75, 3.05) is 13.2 Å².